The molecular weight excluding hydrogens is 424 g/mol. The summed E-state index contributed by atoms with van der Waals surface area (Å²) in [4.78, 5) is 12.4. The second-order valence-electron chi connectivity index (χ2n) is 7.20. The number of para-hydroxylation sites is 1. The molecular formula is C26H23ClN2O3. The third-order valence-corrected chi connectivity index (χ3v) is 5.22. The van der Waals surface area contributed by atoms with Crippen LogP contribution in [0.3, 0.4) is 0 Å². The van der Waals surface area contributed by atoms with E-state index in [9.17, 15) is 4.79 Å². The molecule has 4 rings (SSSR count). The van der Waals surface area contributed by atoms with Gasteiger partial charge in [-0.2, -0.15) is 0 Å². The molecule has 0 radical (unpaired) electrons. The zero-order valence-electron chi connectivity index (χ0n) is 17.6. The van der Waals surface area contributed by atoms with Gasteiger partial charge in [0.1, 0.15) is 11.8 Å². The summed E-state index contributed by atoms with van der Waals surface area (Å²) in [6.07, 6.45) is 2.01. The smallest absolute Gasteiger partial charge is 0.334 e. The van der Waals surface area contributed by atoms with Crippen molar-refractivity contribution in [3.05, 3.63) is 113 Å². The lowest BCUT2D eigenvalue weighted by Crippen LogP contribution is -2.41. The van der Waals surface area contributed by atoms with Crippen molar-refractivity contribution in [2.45, 2.75) is 19.4 Å². The van der Waals surface area contributed by atoms with Gasteiger partial charge in [-0.1, -0.05) is 60.1 Å². The van der Waals surface area contributed by atoms with Crippen LogP contribution in [0.4, 0.5) is 5.69 Å². The second kappa shape index (κ2) is 10.2. The number of hydrogen-bond donors (Lipinski definition) is 0. The van der Waals surface area contributed by atoms with E-state index in [0.717, 1.165) is 16.8 Å². The Hall–Kier alpha value is -3.57. The molecule has 32 heavy (non-hydrogen) atoms. The maximum absolute atomic E-state index is 12.4. The monoisotopic (exact) mass is 446 g/mol. The summed E-state index contributed by atoms with van der Waals surface area (Å²) in [7, 11) is 0. The quantitative estimate of drug-likeness (QED) is 0.365. The lowest BCUT2D eigenvalue weighted by atomic mass is 10.0. The second-order valence-corrected chi connectivity index (χ2v) is 7.63. The lowest BCUT2D eigenvalue weighted by molar-refractivity contribution is -0.137. The highest BCUT2D eigenvalue weighted by Crippen LogP contribution is 2.30. The minimum Gasteiger partial charge on any atom is -0.463 e. The summed E-state index contributed by atoms with van der Waals surface area (Å²) < 4.78 is 11.4. The van der Waals surface area contributed by atoms with Crippen molar-refractivity contribution in [2.24, 2.45) is 5.10 Å². The predicted molar refractivity (Wildman–Crippen MR) is 127 cm³/mol. The molecule has 0 saturated carbocycles. The number of hydrazone groups is 1. The molecule has 0 spiro atoms. The van der Waals surface area contributed by atoms with E-state index in [2.05, 4.69) is 0 Å². The average molecular weight is 447 g/mol. The van der Waals surface area contributed by atoms with Crippen molar-refractivity contribution in [1.82, 2.24) is 0 Å². The number of nitrogens with zero attached hydrogens (tertiary/aromatic N) is 2. The average Bonchev–Trinajstić information content (AvgIpc) is 2.82. The molecule has 3 aromatic carbocycles. The Morgan fingerprint density at radius 3 is 2.34 bits per heavy atom. The fraction of sp³-hybridized carbons (Fsp3) is 0.154. The number of rotatable bonds is 6. The maximum atomic E-state index is 12.4. The number of benzene rings is 3. The Labute approximate surface area is 192 Å². The summed E-state index contributed by atoms with van der Waals surface area (Å²) in [5, 5.41) is 7.34. The van der Waals surface area contributed by atoms with Gasteiger partial charge in [0.2, 0.25) is 5.90 Å². The Kier molecular flexibility index (Phi) is 6.87. The molecule has 5 nitrogen and oxygen atoms in total. The van der Waals surface area contributed by atoms with Crippen molar-refractivity contribution < 1.29 is 14.3 Å². The molecule has 3 aromatic rings. The zero-order valence-corrected chi connectivity index (χ0v) is 18.4. The maximum Gasteiger partial charge on any atom is 0.334 e. The third-order valence-electron chi connectivity index (χ3n) is 4.97. The van der Waals surface area contributed by atoms with Crippen LogP contribution in [0, 0.1) is 0 Å². The van der Waals surface area contributed by atoms with Crippen LogP contribution in [0.5, 0.6) is 0 Å². The molecule has 0 amide bonds. The van der Waals surface area contributed by atoms with E-state index < -0.39 is 5.97 Å². The lowest BCUT2D eigenvalue weighted by Gasteiger charge is -2.35. The van der Waals surface area contributed by atoms with Crippen LogP contribution in [0.15, 0.2) is 102 Å². The van der Waals surface area contributed by atoms with Gasteiger partial charge in [0.25, 0.3) is 0 Å². The van der Waals surface area contributed by atoms with Crippen molar-refractivity contribution >= 4 is 29.2 Å². The predicted octanol–water partition coefficient (Wildman–Crippen LogP) is 5.60. The third kappa shape index (κ3) is 5.18. The number of carbonyl (C=O) groups is 1. The summed E-state index contributed by atoms with van der Waals surface area (Å²) >= 11 is 6.06. The van der Waals surface area contributed by atoms with E-state index >= 15 is 0 Å². The number of ether oxygens (including phenoxy) is 2. The summed E-state index contributed by atoms with van der Waals surface area (Å²) in [5.74, 6) is 0.396. The van der Waals surface area contributed by atoms with E-state index in [1.165, 1.54) is 6.08 Å². The van der Waals surface area contributed by atoms with Crippen LogP contribution in [-0.4, -0.2) is 24.5 Å². The molecule has 1 aliphatic heterocycles. The van der Waals surface area contributed by atoms with Gasteiger partial charge in [-0.15, -0.1) is 5.10 Å². The highest BCUT2D eigenvalue weighted by molar-refractivity contribution is 6.30. The minimum absolute atomic E-state index is 0.284. The number of hydrogen-bond acceptors (Lipinski definition) is 5. The Balaban J connectivity index is 1.81. The van der Waals surface area contributed by atoms with Crippen LogP contribution in [0.1, 0.15) is 18.1 Å². The summed E-state index contributed by atoms with van der Waals surface area (Å²) in [6.45, 7) is 2.06. The largest absolute Gasteiger partial charge is 0.463 e. The molecule has 0 fully saturated rings. The zero-order chi connectivity index (χ0) is 22.3. The molecule has 6 heteroatoms. The van der Waals surface area contributed by atoms with Crippen molar-refractivity contribution in [3.8, 4) is 0 Å². The van der Waals surface area contributed by atoms with Gasteiger partial charge in [0.15, 0.2) is 0 Å². The van der Waals surface area contributed by atoms with Gasteiger partial charge in [-0.05, 0) is 48.9 Å². The van der Waals surface area contributed by atoms with Crippen molar-refractivity contribution in [3.63, 3.8) is 0 Å². The van der Waals surface area contributed by atoms with E-state index in [1.54, 1.807) is 19.1 Å². The first-order valence-electron chi connectivity index (χ1n) is 10.4. The molecule has 1 atom stereocenters. The van der Waals surface area contributed by atoms with Gasteiger partial charge in [0, 0.05) is 17.0 Å². The topological polar surface area (TPSA) is 51.1 Å². The summed E-state index contributed by atoms with van der Waals surface area (Å²) in [5.41, 5.74) is 2.74. The van der Waals surface area contributed by atoms with Crippen molar-refractivity contribution in [2.75, 3.05) is 11.6 Å². The molecule has 0 bridgehead atoms. The SMILES string of the molecule is CCOC(=O)/C=C1\OC(c2ccc(Cl)cc2)=NN(c2ccccc2)[C@@H]1Cc1ccccc1. The van der Waals surface area contributed by atoms with Gasteiger partial charge in [-0.3, -0.25) is 5.01 Å². The van der Waals surface area contributed by atoms with Crippen LogP contribution >= 0.6 is 11.6 Å². The molecule has 0 N–H and O–H groups in total. The Morgan fingerprint density at radius 1 is 1.03 bits per heavy atom. The number of halogens is 1. The highest BCUT2D eigenvalue weighted by Gasteiger charge is 2.32. The summed E-state index contributed by atoms with van der Waals surface area (Å²) in [6, 6.07) is 26.8. The van der Waals surface area contributed by atoms with Gasteiger partial charge in [-0.25, -0.2) is 4.79 Å². The Bertz CT molecular complexity index is 1110. The number of carbonyl (C=O) groups excluding carboxylic acids is 1. The molecule has 1 heterocycles. The first kappa shape index (κ1) is 21.7. The minimum atomic E-state index is -0.453. The normalized spacial score (nSPS) is 16.9. The molecule has 0 aliphatic carbocycles. The Morgan fingerprint density at radius 2 is 1.69 bits per heavy atom. The fourth-order valence-corrected chi connectivity index (χ4v) is 3.59. The van der Waals surface area contributed by atoms with Crippen LogP contribution < -0.4 is 5.01 Å². The van der Waals surface area contributed by atoms with Gasteiger partial charge in [0.05, 0.1) is 18.4 Å². The first-order valence-corrected chi connectivity index (χ1v) is 10.8. The van der Waals surface area contributed by atoms with Gasteiger partial charge < -0.3 is 9.47 Å². The molecule has 162 valence electrons. The van der Waals surface area contributed by atoms with Crippen LogP contribution in [-0.2, 0) is 20.7 Å². The van der Waals surface area contributed by atoms with E-state index in [1.807, 2.05) is 77.8 Å². The van der Waals surface area contributed by atoms with Gasteiger partial charge >= 0.3 is 5.97 Å². The van der Waals surface area contributed by atoms with Crippen LogP contribution in [0.2, 0.25) is 5.02 Å². The number of esters is 1. The standard InChI is InChI=1S/C26H23ClN2O3/c1-2-31-25(30)18-24-23(17-19-9-5-3-6-10-19)29(22-11-7-4-8-12-22)28-26(32-24)20-13-15-21(27)16-14-20/h3-16,18,23H,2,17H2,1H3/b24-18-/t23-/m1/s1. The molecule has 0 unspecified atom stereocenters. The number of anilines is 1. The molecule has 1 aliphatic rings. The van der Waals surface area contributed by atoms with Crippen LogP contribution in [0.25, 0.3) is 0 Å². The van der Waals surface area contributed by atoms with E-state index in [0.29, 0.717) is 23.1 Å². The highest BCUT2D eigenvalue weighted by atomic mass is 35.5. The van der Waals surface area contributed by atoms with E-state index in [4.69, 9.17) is 26.2 Å². The van der Waals surface area contributed by atoms with E-state index in [-0.39, 0.29) is 12.6 Å². The first-order chi connectivity index (χ1) is 15.6. The fourth-order valence-electron chi connectivity index (χ4n) is 3.47. The molecule has 0 aromatic heterocycles. The molecule has 0 saturated heterocycles. The van der Waals surface area contributed by atoms with Crippen molar-refractivity contribution in [1.29, 1.82) is 0 Å².